The van der Waals surface area contributed by atoms with Crippen molar-refractivity contribution in [3.8, 4) is 11.5 Å². The normalized spacial score (nSPS) is 14.5. The lowest BCUT2D eigenvalue weighted by Crippen LogP contribution is -2.54. The number of carbonyl (C=O) groups is 3. The highest BCUT2D eigenvalue weighted by atomic mass is 35.5. The summed E-state index contributed by atoms with van der Waals surface area (Å²) >= 11 is 6.27. The van der Waals surface area contributed by atoms with E-state index in [4.69, 9.17) is 21.1 Å². The zero-order valence-corrected chi connectivity index (χ0v) is 21.2. The van der Waals surface area contributed by atoms with Gasteiger partial charge in [-0.2, -0.15) is 0 Å². The maximum Gasteiger partial charge on any atom is 0.335 e. The molecule has 0 radical (unpaired) electrons. The second kappa shape index (κ2) is 11.1. The van der Waals surface area contributed by atoms with Gasteiger partial charge in [0.2, 0.25) is 0 Å². The van der Waals surface area contributed by atoms with E-state index in [1.807, 2.05) is 25.1 Å². The van der Waals surface area contributed by atoms with Crippen molar-refractivity contribution in [2.75, 3.05) is 12.0 Å². The van der Waals surface area contributed by atoms with Crippen LogP contribution in [0.4, 0.5) is 10.5 Å². The van der Waals surface area contributed by atoms with Crippen LogP contribution in [0.3, 0.4) is 0 Å². The lowest BCUT2D eigenvalue weighted by molar-refractivity contribution is -0.122. The number of nitrogens with one attached hydrogen (secondary N) is 1. The monoisotopic (exact) mass is 516 g/mol. The summed E-state index contributed by atoms with van der Waals surface area (Å²) in [5.41, 5.74) is 3.22. The molecule has 7 nitrogen and oxygen atoms in total. The lowest BCUT2D eigenvalue weighted by atomic mass is 10.0. The van der Waals surface area contributed by atoms with Crippen molar-refractivity contribution in [1.82, 2.24) is 5.32 Å². The Morgan fingerprint density at radius 3 is 2.43 bits per heavy atom. The number of imide groups is 2. The van der Waals surface area contributed by atoms with Gasteiger partial charge in [0.05, 0.1) is 12.8 Å². The first-order valence-electron chi connectivity index (χ1n) is 11.5. The Balaban J connectivity index is 1.70. The Bertz CT molecular complexity index is 1410. The molecule has 4 rings (SSSR count). The van der Waals surface area contributed by atoms with Gasteiger partial charge in [0.15, 0.2) is 11.5 Å². The van der Waals surface area contributed by atoms with Crippen molar-refractivity contribution < 1.29 is 23.9 Å². The summed E-state index contributed by atoms with van der Waals surface area (Å²) in [6, 6.07) is 16.9. The van der Waals surface area contributed by atoms with Crippen molar-refractivity contribution in [2.45, 2.75) is 20.0 Å². The molecule has 4 amide bonds. The maximum absolute atomic E-state index is 13.3. The first-order chi connectivity index (χ1) is 17.8. The number of methoxy groups -OCH3 is 1. The summed E-state index contributed by atoms with van der Waals surface area (Å²) in [7, 11) is 1.50. The summed E-state index contributed by atoms with van der Waals surface area (Å²) in [5, 5.41) is 2.83. The number of hydrogen-bond donors (Lipinski definition) is 1. The maximum atomic E-state index is 13.3. The van der Waals surface area contributed by atoms with E-state index in [1.165, 1.54) is 13.2 Å². The van der Waals surface area contributed by atoms with E-state index in [2.05, 4.69) is 11.9 Å². The third kappa shape index (κ3) is 5.57. The van der Waals surface area contributed by atoms with Crippen molar-refractivity contribution in [2.24, 2.45) is 0 Å². The van der Waals surface area contributed by atoms with Gasteiger partial charge in [0.1, 0.15) is 12.2 Å². The van der Waals surface area contributed by atoms with Crippen LogP contribution in [0.5, 0.6) is 11.5 Å². The second-order valence-corrected chi connectivity index (χ2v) is 8.78. The summed E-state index contributed by atoms with van der Waals surface area (Å²) in [6.07, 6.45) is 3.59. The largest absolute Gasteiger partial charge is 0.493 e. The first kappa shape index (κ1) is 25.7. The van der Waals surface area contributed by atoms with Gasteiger partial charge in [-0.05, 0) is 55.3 Å². The molecular formula is C29H25ClN2O5. The number of rotatable bonds is 8. The third-order valence-corrected chi connectivity index (χ3v) is 6.14. The molecule has 0 spiro atoms. The molecule has 188 valence electrons. The number of carbonyl (C=O) groups excluding carboxylic acids is 3. The molecule has 1 fully saturated rings. The summed E-state index contributed by atoms with van der Waals surface area (Å²) < 4.78 is 11.7. The molecule has 1 heterocycles. The molecule has 0 aliphatic carbocycles. The molecule has 0 atom stereocenters. The van der Waals surface area contributed by atoms with Gasteiger partial charge in [0.25, 0.3) is 11.8 Å². The van der Waals surface area contributed by atoms with Gasteiger partial charge >= 0.3 is 6.03 Å². The van der Waals surface area contributed by atoms with Gasteiger partial charge in [-0.3, -0.25) is 14.9 Å². The van der Waals surface area contributed by atoms with Gasteiger partial charge in [-0.15, -0.1) is 6.58 Å². The number of halogens is 1. The van der Waals surface area contributed by atoms with Gasteiger partial charge in [-0.1, -0.05) is 53.6 Å². The minimum atomic E-state index is -0.802. The molecule has 1 aliphatic rings. The number of ether oxygens (including phenoxy) is 2. The number of anilines is 1. The van der Waals surface area contributed by atoms with Crippen molar-refractivity contribution >= 4 is 41.2 Å². The predicted octanol–water partition coefficient (Wildman–Crippen LogP) is 5.63. The summed E-state index contributed by atoms with van der Waals surface area (Å²) in [6.45, 7) is 5.93. The third-order valence-electron chi connectivity index (χ3n) is 5.77. The Hall–Kier alpha value is -4.36. The topological polar surface area (TPSA) is 84.9 Å². The fourth-order valence-corrected chi connectivity index (χ4v) is 4.10. The van der Waals surface area contributed by atoms with E-state index in [-0.39, 0.29) is 12.2 Å². The van der Waals surface area contributed by atoms with Crippen LogP contribution in [0.1, 0.15) is 22.3 Å². The zero-order valence-electron chi connectivity index (χ0n) is 20.4. The average Bonchev–Trinajstić information content (AvgIpc) is 2.87. The van der Waals surface area contributed by atoms with Gasteiger partial charge in [-0.25, -0.2) is 9.69 Å². The Morgan fingerprint density at radius 2 is 1.76 bits per heavy atom. The van der Waals surface area contributed by atoms with Crippen LogP contribution < -0.4 is 19.7 Å². The summed E-state index contributed by atoms with van der Waals surface area (Å²) in [4.78, 5) is 39.3. The van der Waals surface area contributed by atoms with Crippen molar-refractivity contribution in [3.05, 3.63) is 106 Å². The van der Waals surface area contributed by atoms with E-state index in [0.717, 1.165) is 21.6 Å². The molecule has 8 heteroatoms. The number of nitrogens with zero attached hydrogens (tertiary/aromatic N) is 1. The standard InChI is InChI=1S/C29H25ClN2O5/c1-4-7-20-14-19(16-25(36-3)26(20)37-17-21-8-5-6-9-24(21)30)15-23-27(33)31-29(35)32(28(23)34)22-12-10-18(2)11-13-22/h4-6,8-16H,1,7,17H2,2-3H3,(H,31,33,35)/b23-15+. The van der Waals surface area contributed by atoms with E-state index in [1.54, 1.807) is 48.5 Å². The van der Waals surface area contributed by atoms with Gasteiger partial charge in [0, 0.05) is 16.1 Å². The van der Waals surface area contributed by atoms with Crippen LogP contribution in [-0.4, -0.2) is 25.0 Å². The van der Waals surface area contributed by atoms with Crippen molar-refractivity contribution in [1.29, 1.82) is 0 Å². The highest BCUT2D eigenvalue weighted by Gasteiger charge is 2.36. The van der Waals surface area contributed by atoms with Crippen LogP contribution in [0, 0.1) is 6.92 Å². The SMILES string of the molecule is C=CCc1cc(/C=C2\C(=O)NC(=O)N(c3ccc(C)cc3)C2=O)cc(OC)c1OCc1ccccc1Cl. The molecule has 0 aromatic heterocycles. The average molecular weight is 517 g/mol. The van der Waals surface area contributed by atoms with Crippen LogP contribution in [0.15, 0.2) is 78.9 Å². The van der Waals surface area contributed by atoms with Crippen LogP contribution in [0.2, 0.25) is 5.02 Å². The van der Waals surface area contributed by atoms with Gasteiger partial charge < -0.3 is 9.47 Å². The molecule has 1 N–H and O–H groups in total. The van der Waals surface area contributed by atoms with Crippen LogP contribution >= 0.6 is 11.6 Å². The fraction of sp³-hybridized carbons (Fsp3) is 0.138. The second-order valence-electron chi connectivity index (χ2n) is 8.38. The first-order valence-corrected chi connectivity index (χ1v) is 11.9. The molecule has 1 saturated heterocycles. The van der Waals surface area contributed by atoms with E-state index in [0.29, 0.717) is 34.2 Å². The predicted molar refractivity (Wildman–Crippen MR) is 143 cm³/mol. The fourth-order valence-electron chi connectivity index (χ4n) is 3.91. The number of hydrogen-bond acceptors (Lipinski definition) is 5. The molecule has 1 aliphatic heterocycles. The van der Waals surface area contributed by atoms with E-state index >= 15 is 0 Å². The number of benzene rings is 3. The highest BCUT2D eigenvalue weighted by molar-refractivity contribution is 6.39. The van der Waals surface area contributed by atoms with Crippen LogP contribution in [-0.2, 0) is 22.6 Å². The molecule has 0 bridgehead atoms. The Labute approximate surface area is 219 Å². The smallest absolute Gasteiger partial charge is 0.335 e. The number of urea groups is 1. The number of barbiturate groups is 1. The zero-order chi connectivity index (χ0) is 26.5. The van der Waals surface area contributed by atoms with E-state index in [9.17, 15) is 14.4 Å². The molecule has 3 aromatic rings. The minimum Gasteiger partial charge on any atom is -0.493 e. The minimum absolute atomic E-state index is 0.184. The summed E-state index contributed by atoms with van der Waals surface area (Å²) in [5.74, 6) is -0.587. The van der Waals surface area contributed by atoms with Crippen LogP contribution in [0.25, 0.3) is 6.08 Å². The molecule has 37 heavy (non-hydrogen) atoms. The Morgan fingerprint density at radius 1 is 1.03 bits per heavy atom. The molecule has 0 saturated carbocycles. The van der Waals surface area contributed by atoms with Crippen molar-refractivity contribution in [3.63, 3.8) is 0 Å². The molecule has 3 aromatic carbocycles. The Kier molecular flexibility index (Phi) is 7.74. The number of allylic oxidation sites excluding steroid dienone is 1. The highest BCUT2D eigenvalue weighted by Crippen LogP contribution is 2.36. The number of amides is 4. The van der Waals surface area contributed by atoms with E-state index < -0.39 is 17.8 Å². The quantitative estimate of drug-likeness (QED) is 0.238. The molecule has 0 unspecified atom stereocenters. The lowest BCUT2D eigenvalue weighted by Gasteiger charge is -2.26. The molecular weight excluding hydrogens is 492 g/mol. The number of aryl methyl sites for hydroxylation is 1.